The van der Waals surface area contributed by atoms with Crippen molar-refractivity contribution in [2.24, 2.45) is 0 Å². The minimum Gasteiger partial charge on any atom is -0.497 e. The Morgan fingerprint density at radius 3 is 2.53 bits per heavy atom. The molecule has 4 heteroatoms. The molecule has 1 aromatic heterocycles. The number of nitrogens with one attached hydrogen (secondary N) is 2. The maximum atomic E-state index is 12.5. The van der Waals surface area contributed by atoms with Crippen LogP contribution in [0.1, 0.15) is 29.2 Å². The van der Waals surface area contributed by atoms with Crippen LogP contribution in [0, 0.1) is 13.8 Å². The summed E-state index contributed by atoms with van der Waals surface area (Å²) in [7, 11) is 1.66. The Hall–Kier alpha value is -3.53. The second-order valence-corrected chi connectivity index (χ2v) is 7.58. The van der Waals surface area contributed by atoms with E-state index < -0.39 is 0 Å². The number of carbonyl (C=O) groups excluding carboxylic acids is 1. The molecular weight excluding hydrogens is 372 g/mol. The summed E-state index contributed by atoms with van der Waals surface area (Å²) in [5, 5.41) is 5.35. The quantitative estimate of drug-likeness (QED) is 0.396. The van der Waals surface area contributed by atoms with Crippen molar-refractivity contribution in [2.45, 2.75) is 27.2 Å². The zero-order valence-electron chi connectivity index (χ0n) is 17.8. The Kier molecular flexibility index (Phi) is 5.32. The molecule has 0 bridgehead atoms. The van der Waals surface area contributed by atoms with Crippen molar-refractivity contribution >= 4 is 39.5 Å². The van der Waals surface area contributed by atoms with E-state index in [-0.39, 0.29) is 5.91 Å². The highest BCUT2D eigenvalue weighted by molar-refractivity contribution is 6.10. The molecule has 0 aliphatic rings. The third-order valence-corrected chi connectivity index (χ3v) is 5.57. The highest BCUT2D eigenvalue weighted by Crippen LogP contribution is 2.30. The van der Waals surface area contributed by atoms with Gasteiger partial charge in [0.1, 0.15) is 5.75 Å². The lowest BCUT2D eigenvalue weighted by molar-refractivity contribution is -0.111. The number of anilines is 1. The molecule has 30 heavy (non-hydrogen) atoms. The van der Waals surface area contributed by atoms with Gasteiger partial charge in [0, 0.05) is 33.6 Å². The number of methoxy groups -OCH3 is 1. The number of carbonyl (C=O) groups is 1. The van der Waals surface area contributed by atoms with Gasteiger partial charge < -0.3 is 15.0 Å². The van der Waals surface area contributed by atoms with Crippen molar-refractivity contribution in [1.82, 2.24) is 4.98 Å². The van der Waals surface area contributed by atoms with Gasteiger partial charge in [-0.1, -0.05) is 31.2 Å². The molecule has 152 valence electrons. The van der Waals surface area contributed by atoms with E-state index in [1.165, 1.54) is 21.9 Å². The predicted molar refractivity (Wildman–Crippen MR) is 125 cm³/mol. The molecule has 1 heterocycles. The Balaban J connectivity index is 1.57. The van der Waals surface area contributed by atoms with Crippen LogP contribution in [0.2, 0.25) is 0 Å². The Morgan fingerprint density at radius 1 is 1.07 bits per heavy atom. The Morgan fingerprint density at radius 2 is 1.83 bits per heavy atom. The number of aromatic nitrogens is 1. The van der Waals surface area contributed by atoms with Gasteiger partial charge in [0.15, 0.2) is 0 Å². The van der Waals surface area contributed by atoms with E-state index in [1.807, 2.05) is 44.2 Å². The van der Waals surface area contributed by atoms with Crippen LogP contribution in [-0.4, -0.2) is 18.0 Å². The topological polar surface area (TPSA) is 54.1 Å². The number of aryl methyl sites for hydroxylation is 3. The van der Waals surface area contributed by atoms with Crippen molar-refractivity contribution in [3.63, 3.8) is 0 Å². The van der Waals surface area contributed by atoms with Gasteiger partial charge in [-0.15, -0.1) is 0 Å². The first-order valence-electron chi connectivity index (χ1n) is 10.2. The third-order valence-electron chi connectivity index (χ3n) is 5.57. The minimum absolute atomic E-state index is 0.158. The maximum absolute atomic E-state index is 12.5. The average Bonchev–Trinajstić information content (AvgIpc) is 3.10. The molecule has 2 N–H and O–H groups in total. The van der Waals surface area contributed by atoms with E-state index in [0.717, 1.165) is 40.1 Å². The first-order valence-corrected chi connectivity index (χ1v) is 10.2. The summed E-state index contributed by atoms with van der Waals surface area (Å²) in [6, 6.07) is 16.3. The standard InChI is InChI=1S/C26H26N2O2/c1-5-18-7-6-8-23-22-10-9-19(15-24(22)28-26(18)23)27-25(29)12-11-21-16(2)13-20(30-4)14-17(21)3/h6-15,28H,5H2,1-4H3,(H,27,29)/b12-11+. The normalized spacial score (nSPS) is 11.5. The molecule has 0 fully saturated rings. The second kappa shape index (κ2) is 8.07. The number of para-hydroxylation sites is 1. The molecule has 4 aromatic rings. The second-order valence-electron chi connectivity index (χ2n) is 7.58. The Bertz CT molecular complexity index is 1260. The largest absolute Gasteiger partial charge is 0.497 e. The number of hydrogen-bond acceptors (Lipinski definition) is 2. The van der Waals surface area contributed by atoms with Gasteiger partial charge in [-0.2, -0.15) is 0 Å². The zero-order valence-corrected chi connectivity index (χ0v) is 17.8. The van der Waals surface area contributed by atoms with Gasteiger partial charge in [0.05, 0.1) is 7.11 Å². The highest BCUT2D eigenvalue weighted by atomic mass is 16.5. The van der Waals surface area contributed by atoms with E-state index in [4.69, 9.17) is 4.74 Å². The van der Waals surface area contributed by atoms with Crippen molar-refractivity contribution < 1.29 is 9.53 Å². The molecule has 0 atom stereocenters. The van der Waals surface area contributed by atoms with Crippen molar-refractivity contribution in [2.75, 3.05) is 12.4 Å². The van der Waals surface area contributed by atoms with Crippen LogP contribution in [0.25, 0.3) is 27.9 Å². The minimum atomic E-state index is -0.158. The third kappa shape index (κ3) is 3.69. The molecule has 0 aliphatic carbocycles. The molecule has 0 unspecified atom stereocenters. The SMILES string of the molecule is CCc1cccc2c1[nH]c1cc(NC(=O)/C=C/c3c(C)cc(OC)cc3C)ccc12. The van der Waals surface area contributed by atoms with Crippen LogP contribution in [0.5, 0.6) is 5.75 Å². The molecule has 0 radical (unpaired) electrons. The van der Waals surface area contributed by atoms with Crippen molar-refractivity contribution in [3.8, 4) is 5.75 Å². The summed E-state index contributed by atoms with van der Waals surface area (Å²) < 4.78 is 5.30. The monoisotopic (exact) mass is 398 g/mol. The Labute approximate surface area is 176 Å². The first kappa shape index (κ1) is 19.8. The molecule has 4 nitrogen and oxygen atoms in total. The van der Waals surface area contributed by atoms with Crippen LogP contribution in [0.4, 0.5) is 5.69 Å². The van der Waals surface area contributed by atoms with Crippen LogP contribution >= 0.6 is 0 Å². The number of aromatic amines is 1. The summed E-state index contributed by atoms with van der Waals surface area (Å²) in [6.07, 6.45) is 4.41. The molecule has 0 spiro atoms. The number of hydrogen-bond donors (Lipinski definition) is 2. The molecule has 0 saturated heterocycles. The van der Waals surface area contributed by atoms with Crippen LogP contribution in [-0.2, 0) is 11.2 Å². The number of rotatable bonds is 5. The fraction of sp³-hybridized carbons (Fsp3) is 0.192. The molecule has 0 aliphatic heterocycles. The average molecular weight is 399 g/mol. The lowest BCUT2D eigenvalue weighted by Crippen LogP contribution is -2.07. The van der Waals surface area contributed by atoms with Crippen LogP contribution in [0.15, 0.2) is 54.6 Å². The van der Waals surface area contributed by atoms with Crippen molar-refractivity contribution in [1.29, 1.82) is 0 Å². The van der Waals surface area contributed by atoms with Gasteiger partial charge >= 0.3 is 0 Å². The van der Waals surface area contributed by atoms with Gasteiger partial charge in [-0.05, 0) is 72.9 Å². The number of H-pyrrole nitrogens is 1. The summed E-state index contributed by atoms with van der Waals surface area (Å²) in [5.41, 5.74) is 7.43. The summed E-state index contributed by atoms with van der Waals surface area (Å²) in [4.78, 5) is 16.0. The van der Waals surface area contributed by atoms with Crippen LogP contribution in [0.3, 0.4) is 0 Å². The highest BCUT2D eigenvalue weighted by Gasteiger charge is 2.09. The molecule has 0 saturated carbocycles. The smallest absolute Gasteiger partial charge is 0.248 e. The van der Waals surface area contributed by atoms with Crippen LogP contribution < -0.4 is 10.1 Å². The summed E-state index contributed by atoms with van der Waals surface area (Å²) >= 11 is 0. The number of amides is 1. The van der Waals surface area contributed by atoms with E-state index >= 15 is 0 Å². The van der Waals surface area contributed by atoms with Gasteiger partial charge in [0.25, 0.3) is 0 Å². The summed E-state index contributed by atoms with van der Waals surface area (Å²) in [6.45, 7) is 6.19. The summed E-state index contributed by atoms with van der Waals surface area (Å²) in [5.74, 6) is 0.666. The lowest BCUT2D eigenvalue weighted by atomic mass is 10.0. The zero-order chi connectivity index (χ0) is 21.3. The van der Waals surface area contributed by atoms with Gasteiger partial charge in [0.2, 0.25) is 5.91 Å². The first-order chi connectivity index (χ1) is 14.5. The lowest BCUT2D eigenvalue weighted by Gasteiger charge is -2.09. The molecule has 4 rings (SSSR count). The van der Waals surface area contributed by atoms with E-state index in [0.29, 0.717) is 0 Å². The molecule has 3 aromatic carbocycles. The number of fused-ring (bicyclic) bond motifs is 3. The number of ether oxygens (including phenoxy) is 1. The molecule has 1 amide bonds. The van der Waals surface area contributed by atoms with E-state index in [9.17, 15) is 4.79 Å². The fourth-order valence-corrected chi connectivity index (χ4v) is 4.02. The van der Waals surface area contributed by atoms with Gasteiger partial charge in [-0.25, -0.2) is 0 Å². The van der Waals surface area contributed by atoms with Crippen molar-refractivity contribution in [3.05, 3.63) is 76.9 Å². The maximum Gasteiger partial charge on any atom is 0.248 e. The van der Waals surface area contributed by atoms with E-state index in [2.05, 4.69) is 41.5 Å². The van der Waals surface area contributed by atoms with E-state index in [1.54, 1.807) is 13.2 Å². The fourth-order valence-electron chi connectivity index (χ4n) is 4.02. The predicted octanol–water partition coefficient (Wildman–Crippen LogP) is 6.16. The molecular formula is C26H26N2O2. The number of benzene rings is 3. The van der Waals surface area contributed by atoms with Gasteiger partial charge in [-0.3, -0.25) is 4.79 Å².